The molecule has 0 N–H and O–H groups in total. The molecule has 1 heteroatoms. The number of likely N-dealkylation sites (N-methyl/N-ethyl adjacent to an activating group) is 1. The molecule has 0 radical (unpaired) electrons. The Bertz CT molecular complexity index is 191. The van der Waals surface area contributed by atoms with Gasteiger partial charge in [0.1, 0.15) is 0 Å². The van der Waals surface area contributed by atoms with Crippen molar-refractivity contribution in [2.45, 2.75) is 18.9 Å². The van der Waals surface area contributed by atoms with Crippen LogP contribution in [-0.2, 0) is 0 Å². The summed E-state index contributed by atoms with van der Waals surface area (Å²) in [5.41, 5.74) is 1.63. The lowest BCUT2D eigenvalue weighted by atomic mass is 9.93. The van der Waals surface area contributed by atoms with Crippen LogP contribution in [-0.4, -0.2) is 24.5 Å². The van der Waals surface area contributed by atoms with Gasteiger partial charge in [0.2, 0.25) is 0 Å². The van der Waals surface area contributed by atoms with Gasteiger partial charge in [0.25, 0.3) is 0 Å². The summed E-state index contributed by atoms with van der Waals surface area (Å²) in [6.45, 7) is 1.24. The molecule has 1 heterocycles. The highest BCUT2D eigenvalue weighted by molar-refractivity contribution is 5.24. The molecule has 0 aromatic carbocycles. The van der Waals surface area contributed by atoms with E-state index in [1.807, 2.05) is 0 Å². The molecule has 54 valence electrons. The Morgan fingerprint density at radius 1 is 1.60 bits per heavy atom. The summed E-state index contributed by atoms with van der Waals surface area (Å²) in [4.78, 5) is 2.42. The average molecular weight is 135 g/mol. The van der Waals surface area contributed by atoms with Crippen LogP contribution in [0.15, 0.2) is 23.8 Å². The monoisotopic (exact) mass is 135 g/mol. The fourth-order valence-corrected chi connectivity index (χ4v) is 1.70. The fourth-order valence-electron chi connectivity index (χ4n) is 1.70. The lowest BCUT2D eigenvalue weighted by molar-refractivity contribution is 0.252. The number of allylic oxidation sites excluding steroid dienone is 2. The number of likely N-dealkylation sites (tertiary alicyclic amines) is 1. The highest BCUT2D eigenvalue weighted by Crippen LogP contribution is 2.24. The van der Waals surface area contributed by atoms with Gasteiger partial charge in [-0.05, 0) is 19.9 Å². The van der Waals surface area contributed by atoms with Gasteiger partial charge in [0.15, 0.2) is 0 Å². The van der Waals surface area contributed by atoms with Crippen molar-refractivity contribution in [2.75, 3.05) is 13.6 Å². The minimum absolute atomic E-state index is 0.703. The maximum atomic E-state index is 2.42. The predicted octanol–water partition coefficient (Wildman–Crippen LogP) is 1.58. The van der Waals surface area contributed by atoms with E-state index in [1.54, 1.807) is 5.57 Å². The fraction of sp³-hybridized carbons (Fsp3) is 0.556. The van der Waals surface area contributed by atoms with Gasteiger partial charge in [-0.15, -0.1) is 0 Å². The molecule has 1 atom stereocenters. The number of hydrogen-bond acceptors (Lipinski definition) is 1. The van der Waals surface area contributed by atoms with Crippen molar-refractivity contribution in [1.29, 1.82) is 0 Å². The summed E-state index contributed by atoms with van der Waals surface area (Å²) in [6.07, 6.45) is 9.30. The van der Waals surface area contributed by atoms with Gasteiger partial charge in [-0.3, -0.25) is 4.90 Å². The zero-order valence-electron chi connectivity index (χ0n) is 6.38. The zero-order chi connectivity index (χ0) is 6.97. The summed E-state index contributed by atoms with van der Waals surface area (Å²) in [7, 11) is 2.21. The van der Waals surface area contributed by atoms with E-state index in [4.69, 9.17) is 0 Å². The first-order valence-corrected chi connectivity index (χ1v) is 3.93. The SMILES string of the molecule is CN1CCC2=CC=CC1C2. The maximum Gasteiger partial charge on any atom is 0.0315 e. The molecule has 1 fully saturated rings. The summed E-state index contributed by atoms with van der Waals surface area (Å²) in [5, 5.41) is 0. The number of nitrogens with zero attached hydrogens (tertiary/aromatic N) is 1. The normalized spacial score (nSPS) is 32.1. The van der Waals surface area contributed by atoms with Gasteiger partial charge >= 0.3 is 0 Å². The van der Waals surface area contributed by atoms with Gasteiger partial charge < -0.3 is 0 Å². The third-order valence-electron chi connectivity index (χ3n) is 2.49. The van der Waals surface area contributed by atoms with Crippen LogP contribution in [0.4, 0.5) is 0 Å². The molecular formula is C9H13N. The minimum Gasteiger partial charge on any atom is -0.299 e. The van der Waals surface area contributed by atoms with E-state index in [2.05, 4.69) is 30.2 Å². The predicted molar refractivity (Wildman–Crippen MR) is 42.9 cm³/mol. The molecule has 1 aliphatic carbocycles. The first-order chi connectivity index (χ1) is 4.86. The van der Waals surface area contributed by atoms with E-state index in [0.29, 0.717) is 6.04 Å². The molecule has 2 rings (SSSR count). The van der Waals surface area contributed by atoms with Crippen LogP contribution in [0.5, 0.6) is 0 Å². The third-order valence-corrected chi connectivity index (χ3v) is 2.49. The van der Waals surface area contributed by atoms with Gasteiger partial charge in [-0.25, -0.2) is 0 Å². The molecule has 1 unspecified atom stereocenters. The molecule has 2 aliphatic rings. The Morgan fingerprint density at radius 2 is 2.50 bits per heavy atom. The number of fused-ring (bicyclic) bond motifs is 2. The van der Waals surface area contributed by atoms with Crippen molar-refractivity contribution in [3.8, 4) is 0 Å². The topological polar surface area (TPSA) is 3.24 Å². The van der Waals surface area contributed by atoms with E-state index in [9.17, 15) is 0 Å². The maximum absolute atomic E-state index is 2.42. The summed E-state index contributed by atoms with van der Waals surface area (Å²) >= 11 is 0. The Hall–Kier alpha value is -0.560. The molecule has 0 amide bonds. The van der Waals surface area contributed by atoms with Crippen molar-refractivity contribution >= 4 is 0 Å². The largest absolute Gasteiger partial charge is 0.299 e. The third kappa shape index (κ3) is 0.907. The molecule has 0 saturated carbocycles. The Morgan fingerprint density at radius 3 is 3.30 bits per heavy atom. The van der Waals surface area contributed by atoms with Crippen molar-refractivity contribution < 1.29 is 0 Å². The lowest BCUT2D eigenvalue weighted by Crippen LogP contribution is -2.36. The van der Waals surface area contributed by atoms with E-state index >= 15 is 0 Å². The quantitative estimate of drug-likeness (QED) is 0.487. The first-order valence-electron chi connectivity index (χ1n) is 3.93. The first kappa shape index (κ1) is 6.17. The van der Waals surface area contributed by atoms with E-state index in [-0.39, 0.29) is 0 Å². The van der Waals surface area contributed by atoms with Crippen LogP contribution >= 0.6 is 0 Å². The van der Waals surface area contributed by atoms with Crippen LogP contribution in [0.1, 0.15) is 12.8 Å². The lowest BCUT2D eigenvalue weighted by Gasteiger charge is -2.33. The number of piperidine rings is 1. The van der Waals surface area contributed by atoms with Gasteiger partial charge in [0.05, 0.1) is 0 Å². The molecule has 2 bridgehead atoms. The van der Waals surface area contributed by atoms with E-state index < -0.39 is 0 Å². The summed E-state index contributed by atoms with van der Waals surface area (Å²) < 4.78 is 0. The molecule has 0 spiro atoms. The van der Waals surface area contributed by atoms with Gasteiger partial charge in [0, 0.05) is 12.6 Å². The highest BCUT2D eigenvalue weighted by Gasteiger charge is 2.20. The summed E-state index contributed by atoms with van der Waals surface area (Å²) in [5.74, 6) is 0. The van der Waals surface area contributed by atoms with Crippen molar-refractivity contribution in [3.05, 3.63) is 23.8 Å². The van der Waals surface area contributed by atoms with Crippen molar-refractivity contribution in [1.82, 2.24) is 4.90 Å². The zero-order valence-corrected chi connectivity index (χ0v) is 6.38. The summed E-state index contributed by atoms with van der Waals surface area (Å²) in [6, 6.07) is 0.703. The van der Waals surface area contributed by atoms with Gasteiger partial charge in [-0.1, -0.05) is 23.8 Å². The highest BCUT2D eigenvalue weighted by atomic mass is 15.1. The minimum atomic E-state index is 0.703. The molecule has 1 nitrogen and oxygen atoms in total. The van der Waals surface area contributed by atoms with Crippen LogP contribution in [0.3, 0.4) is 0 Å². The second kappa shape index (κ2) is 2.24. The van der Waals surface area contributed by atoms with Crippen LogP contribution in [0.25, 0.3) is 0 Å². The standard InChI is InChI=1S/C9H13N/c1-10-6-5-8-3-2-4-9(10)7-8/h2-4,9H,5-7H2,1H3. The Balaban J connectivity index is 2.21. The van der Waals surface area contributed by atoms with Crippen LogP contribution < -0.4 is 0 Å². The Kier molecular flexibility index (Phi) is 1.38. The number of hydrogen-bond donors (Lipinski definition) is 0. The second-order valence-electron chi connectivity index (χ2n) is 3.21. The average Bonchev–Trinajstić information content (AvgIpc) is 1.99. The molecule has 0 aromatic heterocycles. The van der Waals surface area contributed by atoms with E-state index in [0.717, 1.165) is 0 Å². The van der Waals surface area contributed by atoms with Gasteiger partial charge in [-0.2, -0.15) is 0 Å². The van der Waals surface area contributed by atoms with Crippen molar-refractivity contribution in [3.63, 3.8) is 0 Å². The molecular weight excluding hydrogens is 122 g/mol. The molecule has 1 saturated heterocycles. The smallest absolute Gasteiger partial charge is 0.0315 e. The second-order valence-corrected chi connectivity index (χ2v) is 3.21. The van der Waals surface area contributed by atoms with E-state index in [1.165, 1.54) is 19.4 Å². The molecule has 10 heavy (non-hydrogen) atoms. The molecule has 1 aliphatic heterocycles. The number of rotatable bonds is 0. The molecule has 0 aromatic rings. The van der Waals surface area contributed by atoms with Crippen LogP contribution in [0, 0.1) is 0 Å². The van der Waals surface area contributed by atoms with Crippen molar-refractivity contribution in [2.24, 2.45) is 0 Å². The Labute approximate surface area is 62.0 Å². The van der Waals surface area contributed by atoms with Crippen LogP contribution in [0.2, 0.25) is 0 Å².